The molecule has 0 aliphatic heterocycles. The van der Waals surface area contributed by atoms with E-state index in [0.29, 0.717) is 23.4 Å². The quantitative estimate of drug-likeness (QED) is 0.572. The molecule has 0 spiro atoms. The predicted molar refractivity (Wildman–Crippen MR) is 72.2 cm³/mol. The van der Waals surface area contributed by atoms with Gasteiger partial charge in [0.15, 0.2) is 0 Å². The third-order valence-corrected chi connectivity index (χ3v) is 2.95. The van der Waals surface area contributed by atoms with E-state index in [0.717, 1.165) is 4.47 Å². The maximum absolute atomic E-state index is 11.7. The molecular formula is C11H13BrN2O2S. The van der Waals surface area contributed by atoms with Gasteiger partial charge in [0, 0.05) is 22.3 Å². The van der Waals surface area contributed by atoms with E-state index in [4.69, 9.17) is 5.73 Å². The van der Waals surface area contributed by atoms with Gasteiger partial charge >= 0.3 is 0 Å². The highest BCUT2D eigenvalue weighted by Crippen LogP contribution is 2.19. The highest BCUT2D eigenvalue weighted by Gasteiger charge is 2.08. The number of hydrogen-bond acceptors (Lipinski definition) is 3. The number of thiol groups is 1. The Morgan fingerprint density at radius 1 is 1.41 bits per heavy atom. The van der Waals surface area contributed by atoms with Crippen LogP contribution in [0.5, 0.6) is 0 Å². The first-order chi connectivity index (χ1) is 8.00. The number of halogens is 1. The average Bonchev–Trinajstić information content (AvgIpc) is 2.23. The smallest absolute Gasteiger partial charge is 0.252 e. The highest BCUT2D eigenvalue weighted by molar-refractivity contribution is 9.10. The lowest BCUT2D eigenvalue weighted by Gasteiger charge is -2.06. The Labute approximate surface area is 113 Å². The van der Waals surface area contributed by atoms with Crippen LogP contribution in [0.2, 0.25) is 0 Å². The third kappa shape index (κ3) is 4.79. The molecule has 0 aliphatic rings. The molecule has 0 aromatic heterocycles. The largest absolute Gasteiger partial charge is 0.370 e. The SMILES string of the molecule is NC(=O)CCCNC(=O)c1ccc(Br)cc1S. The molecule has 0 fully saturated rings. The number of amides is 2. The molecule has 1 rings (SSSR count). The van der Waals surface area contributed by atoms with Crippen LogP contribution >= 0.6 is 28.6 Å². The zero-order valence-electron chi connectivity index (χ0n) is 9.07. The van der Waals surface area contributed by atoms with E-state index in [1.165, 1.54) is 0 Å². The van der Waals surface area contributed by atoms with Gasteiger partial charge in [0.1, 0.15) is 0 Å². The summed E-state index contributed by atoms with van der Waals surface area (Å²) in [4.78, 5) is 22.8. The number of primary amides is 1. The fourth-order valence-electron chi connectivity index (χ4n) is 1.26. The molecule has 4 nitrogen and oxygen atoms in total. The van der Waals surface area contributed by atoms with Crippen molar-refractivity contribution in [3.63, 3.8) is 0 Å². The van der Waals surface area contributed by atoms with Crippen LogP contribution in [0, 0.1) is 0 Å². The molecule has 17 heavy (non-hydrogen) atoms. The summed E-state index contributed by atoms with van der Waals surface area (Å²) in [5.41, 5.74) is 5.50. The Bertz CT molecular complexity index is 437. The van der Waals surface area contributed by atoms with Gasteiger partial charge in [0.25, 0.3) is 5.91 Å². The van der Waals surface area contributed by atoms with Gasteiger partial charge in [-0.2, -0.15) is 0 Å². The zero-order valence-corrected chi connectivity index (χ0v) is 11.6. The molecule has 0 atom stereocenters. The third-order valence-electron chi connectivity index (χ3n) is 2.09. The Hall–Kier alpha value is -1.01. The number of rotatable bonds is 5. The van der Waals surface area contributed by atoms with E-state index in [1.807, 2.05) is 0 Å². The van der Waals surface area contributed by atoms with Crippen molar-refractivity contribution >= 4 is 40.4 Å². The number of carbonyl (C=O) groups excluding carboxylic acids is 2. The van der Waals surface area contributed by atoms with Crippen LogP contribution in [0.4, 0.5) is 0 Å². The second kappa shape index (κ2) is 6.66. The lowest BCUT2D eigenvalue weighted by Crippen LogP contribution is -2.25. The summed E-state index contributed by atoms with van der Waals surface area (Å²) >= 11 is 7.51. The first-order valence-electron chi connectivity index (χ1n) is 5.05. The van der Waals surface area contributed by atoms with Crippen LogP contribution in [-0.4, -0.2) is 18.4 Å². The number of nitrogens with one attached hydrogen (secondary N) is 1. The summed E-state index contributed by atoms with van der Waals surface area (Å²) in [6.45, 7) is 0.422. The molecule has 1 aromatic carbocycles. The van der Waals surface area contributed by atoms with Gasteiger partial charge in [-0.15, -0.1) is 12.6 Å². The Morgan fingerprint density at radius 3 is 2.71 bits per heavy atom. The standard InChI is InChI=1S/C11H13BrN2O2S/c12-7-3-4-8(9(17)6-7)11(16)14-5-1-2-10(13)15/h3-4,6,17H,1-2,5H2,(H2,13,15)(H,14,16). The summed E-state index contributed by atoms with van der Waals surface area (Å²) in [5, 5.41) is 2.70. The Balaban J connectivity index is 2.50. The van der Waals surface area contributed by atoms with Crippen molar-refractivity contribution in [1.29, 1.82) is 0 Å². The van der Waals surface area contributed by atoms with Gasteiger partial charge < -0.3 is 11.1 Å². The number of hydrogen-bond donors (Lipinski definition) is 3. The number of nitrogens with two attached hydrogens (primary N) is 1. The van der Waals surface area contributed by atoms with Crippen LogP contribution in [0.15, 0.2) is 27.6 Å². The van der Waals surface area contributed by atoms with Crippen molar-refractivity contribution < 1.29 is 9.59 Å². The van der Waals surface area contributed by atoms with E-state index in [9.17, 15) is 9.59 Å². The second-order valence-corrected chi connectivity index (χ2v) is 4.88. The van der Waals surface area contributed by atoms with Gasteiger partial charge in [0.05, 0.1) is 5.56 Å². The predicted octanol–water partition coefficient (Wildman–Crippen LogP) is 1.73. The van der Waals surface area contributed by atoms with Crippen LogP contribution in [-0.2, 0) is 4.79 Å². The Kier molecular flexibility index (Phi) is 5.50. The van der Waals surface area contributed by atoms with Gasteiger partial charge in [-0.3, -0.25) is 9.59 Å². The summed E-state index contributed by atoms with van der Waals surface area (Å²) < 4.78 is 0.868. The van der Waals surface area contributed by atoms with E-state index < -0.39 is 0 Å². The monoisotopic (exact) mass is 316 g/mol. The molecule has 0 saturated carbocycles. The lowest BCUT2D eigenvalue weighted by atomic mass is 10.2. The number of benzene rings is 1. The molecular weight excluding hydrogens is 304 g/mol. The van der Waals surface area contributed by atoms with Crippen LogP contribution in [0.25, 0.3) is 0 Å². The summed E-state index contributed by atoms with van der Waals surface area (Å²) in [6, 6.07) is 5.22. The summed E-state index contributed by atoms with van der Waals surface area (Å²) in [7, 11) is 0. The van der Waals surface area contributed by atoms with Gasteiger partial charge in [-0.1, -0.05) is 15.9 Å². The van der Waals surface area contributed by atoms with Gasteiger partial charge in [0.2, 0.25) is 5.91 Å². The zero-order chi connectivity index (χ0) is 12.8. The minimum Gasteiger partial charge on any atom is -0.370 e. The molecule has 3 N–H and O–H groups in total. The van der Waals surface area contributed by atoms with E-state index >= 15 is 0 Å². The first kappa shape index (κ1) is 14.1. The van der Waals surface area contributed by atoms with Crippen molar-refractivity contribution in [1.82, 2.24) is 5.32 Å². The topological polar surface area (TPSA) is 72.2 Å². The average molecular weight is 317 g/mol. The normalized spacial score (nSPS) is 10.0. The molecule has 0 radical (unpaired) electrons. The molecule has 2 amide bonds. The summed E-state index contributed by atoms with van der Waals surface area (Å²) in [6.07, 6.45) is 0.813. The maximum atomic E-state index is 11.7. The fraction of sp³-hybridized carbons (Fsp3) is 0.273. The van der Waals surface area contributed by atoms with Gasteiger partial charge in [-0.05, 0) is 24.6 Å². The molecule has 6 heteroatoms. The second-order valence-electron chi connectivity index (χ2n) is 3.49. The van der Waals surface area contributed by atoms with Crippen molar-refractivity contribution in [3.8, 4) is 0 Å². The molecule has 0 aliphatic carbocycles. The van der Waals surface area contributed by atoms with Crippen LogP contribution in [0.1, 0.15) is 23.2 Å². The fourth-order valence-corrected chi connectivity index (χ4v) is 2.11. The van der Waals surface area contributed by atoms with E-state index in [1.54, 1.807) is 18.2 Å². The minimum absolute atomic E-state index is 0.202. The molecule has 0 heterocycles. The lowest BCUT2D eigenvalue weighted by molar-refractivity contribution is -0.118. The van der Waals surface area contributed by atoms with Crippen molar-refractivity contribution in [2.75, 3.05) is 6.54 Å². The van der Waals surface area contributed by atoms with Crippen molar-refractivity contribution in [2.24, 2.45) is 5.73 Å². The molecule has 92 valence electrons. The van der Waals surface area contributed by atoms with Crippen molar-refractivity contribution in [2.45, 2.75) is 17.7 Å². The minimum atomic E-state index is -0.363. The van der Waals surface area contributed by atoms with E-state index in [2.05, 4.69) is 33.9 Å². The number of carbonyl (C=O) groups is 2. The molecule has 0 unspecified atom stereocenters. The Morgan fingerprint density at radius 2 is 2.12 bits per heavy atom. The molecule has 1 aromatic rings. The highest BCUT2D eigenvalue weighted by atomic mass is 79.9. The van der Waals surface area contributed by atoms with Crippen LogP contribution in [0.3, 0.4) is 0 Å². The van der Waals surface area contributed by atoms with E-state index in [-0.39, 0.29) is 18.2 Å². The molecule has 0 bridgehead atoms. The maximum Gasteiger partial charge on any atom is 0.252 e. The summed E-state index contributed by atoms with van der Waals surface area (Å²) in [5.74, 6) is -0.565. The first-order valence-corrected chi connectivity index (χ1v) is 6.29. The molecule has 0 saturated heterocycles. The van der Waals surface area contributed by atoms with Gasteiger partial charge in [-0.25, -0.2) is 0 Å². The van der Waals surface area contributed by atoms with Crippen molar-refractivity contribution in [3.05, 3.63) is 28.2 Å². The van der Waals surface area contributed by atoms with Crippen LogP contribution < -0.4 is 11.1 Å².